The minimum atomic E-state index is -0.776. The van der Waals surface area contributed by atoms with E-state index in [0.717, 1.165) is 27.9 Å². The molecule has 14 heteroatoms. The molecule has 0 spiro atoms. The Hall–Kier alpha value is -7.35. The van der Waals surface area contributed by atoms with Crippen LogP contribution in [0.25, 0.3) is 0 Å². The summed E-state index contributed by atoms with van der Waals surface area (Å²) in [6.45, 7) is 2.77. The van der Waals surface area contributed by atoms with Gasteiger partial charge in [-0.2, -0.15) is 0 Å². The molecule has 5 aromatic rings. The molecule has 4 atom stereocenters. The van der Waals surface area contributed by atoms with Crippen molar-refractivity contribution in [3.05, 3.63) is 162 Å². The Balaban J connectivity index is 0.837. The number of likely N-dealkylation sites (tertiary alicyclic amines) is 4. The molecule has 0 unspecified atom stereocenters. The van der Waals surface area contributed by atoms with E-state index in [4.69, 9.17) is 0 Å². The topological polar surface area (TPSA) is 143 Å². The number of hydrogen-bond acceptors (Lipinski definition) is 7. The second-order valence-electron chi connectivity index (χ2n) is 18.1. The summed E-state index contributed by atoms with van der Waals surface area (Å²) < 4.78 is 14.1. The van der Waals surface area contributed by atoms with Crippen LogP contribution in [-0.2, 0) is 41.9 Å². The highest BCUT2D eigenvalue weighted by molar-refractivity contribution is 6.00. The van der Waals surface area contributed by atoms with Crippen LogP contribution in [0.15, 0.2) is 133 Å². The predicted molar refractivity (Wildman–Crippen MR) is 256 cm³/mol. The first-order valence-electron chi connectivity index (χ1n) is 23.7. The zero-order chi connectivity index (χ0) is 47.1. The number of carbonyl (C=O) groups is 6. The van der Waals surface area contributed by atoms with Crippen molar-refractivity contribution in [3.8, 4) is 0 Å². The molecule has 13 nitrogen and oxygen atoms in total. The zero-order valence-electron chi connectivity index (χ0n) is 38.0. The molecule has 4 aliphatic heterocycles. The third kappa shape index (κ3) is 10.1. The molecule has 9 rings (SSSR count). The minimum absolute atomic E-state index is 0.0565. The highest BCUT2D eigenvalue weighted by Gasteiger charge is 2.43. The van der Waals surface area contributed by atoms with E-state index in [-0.39, 0.29) is 41.3 Å². The first-order chi connectivity index (χ1) is 33.1. The van der Waals surface area contributed by atoms with Crippen LogP contribution in [0.2, 0.25) is 0 Å². The van der Waals surface area contributed by atoms with Crippen molar-refractivity contribution < 1.29 is 33.2 Å². The van der Waals surface area contributed by atoms with Gasteiger partial charge in [0.1, 0.15) is 30.0 Å². The molecule has 0 bridgehead atoms. The molecule has 350 valence electrons. The number of nitrogens with one attached hydrogen (secondary N) is 2. The molecule has 0 saturated carbocycles. The lowest BCUT2D eigenvalue weighted by molar-refractivity contribution is -0.146. The Labute approximate surface area is 395 Å². The van der Waals surface area contributed by atoms with Crippen LogP contribution >= 0.6 is 0 Å². The first-order valence-corrected chi connectivity index (χ1v) is 23.7. The Kier molecular flexibility index (Phi) is 13.9. The summed E-state index contributed by atoms with van der Waals surface area (Å²) in [5, 5.41) is 6.04. The summed E-state index contributed by atoms with van der Waals surface area (Å²) in [6, 6.07) is 37.0. The van der Waals surface area contributed by atoms with Crippen LogP contribution in [0.1, 0.15) is 85.7 Å². The normalized spacial score (nSPS) is 19.0. The lowest BCUT2D eigenvalue weighted by Gasteiger charge is -2.33. The zero-order valence-corrected chi connectivity index (χ0v) is 38.0. The maximum absolute atomic E-state index is 14.2. The molecule has 6 amide bonds. The van der Waals surface area contributed by atoms with E-state index >= 15 is 0 Å². The summed E-state index contributed by atoms with van der Waals surface area (Å²) in [5.41, 5.74) is 5.31. The Morgan fingerprint density at radius 3 is 1.32 bits per heavy atom. The predicted octanol–water partition coefficient (Wildman–Crippen LogP) is 7.62. The number of rotatable bonds is 15. The summed E-state index contributed by atoms with van der Waals surface area (Å²) in [4.78, 5) is 90.3. The summed E-state index contributed by atoms with van der Waals surface area (Å²) in [7, 11) is 0. The second kappa shape index (κ2) is 20.7. The minimum Gasteiger partial charge on any atom is -0.363 e. The molecule has 4 heterocycles. The van der Waals surface area contributed by atoms with Crippen LogP contribution in [0, 0.1) is 5.82 Å². The molecule has 0 aliphatic carbocycles. The van der Waals surface area contributed by atoms with Gasteiger partial charge in [0.15, 0.2) is 0 Å². The van der Waals surface area contributed by atoms with Crippen LogP contribution in [-0.4, -0.2) is 93.3 Å². The van der Waals surface area contributed by atoms with E-state index in [2.05, 4.69) is 15.5 Å². The van der Waals surface area contributed by atoms with Crippen molar-refractivity contribution in [2.45, 2.75) is 88.6 Å². The molecule has 4 saturated heterocycles. The van der Waals surface area contributed by atoms with Crippen molar-refractivity contribution >= 4 is 52.5 Å². The first kappa shape index (κ1) is 45.8. The molecule has 0 radical (unpaired) electrons. The summed E-state index contributed by atoms with van der Waals surface area (Å²) >= 11 is 0. The van der Waals surface area contributed by atoms with Crippen molar-refractivity contribution in [2.24, 2.45) is 0 Å². The van der Waals surface area contributed by atoms with Gasteiger partial charge in [-0.1, -0.05) is 84.9 Å². The smallest absolute Gasteiger partial charge is 0.250 e. The van der Waals surface area contributed by atoms with Gasteiger partial charge >= 0.3 is 0 Å². The van der Waals surface area contributed by atoms with Gasteiger partial charge in [0, 0.05) is 69.2 Å². The summed E-state index contributed by atoms with van der Waals surface area (Å²) in [6.07, 6.45) is 4.58. The molecule has 68 heavy (non-hydrogen) atoms. The molecule has 2 N–H and O–H groups in total. The fourth-order valence-corrected chi connectivity index (χ4v) is 10.2. The third-order valence-corrected chi connectivity index (χ3v) is 13.6. The number of anilines is 3. The van der Waals surface area contributed by atoms with Gasteiger partial charge in [0.2, 0.25) is 23.6 Å². The highest BCUT2D eigenvalue weighted by Crippen LogP contribution is 2.34. The number of amides is 6. The standard InChI is InChI=1S/C54H56FN7O6/c55-41-23-29-44(30-24-41)58(35-37-19-25-42(26-20-37)56-51(65)45-15-7-31-59(45)53(67)49(39-11-3-1-4-12-39)61-33-9-17-47(61)63)36-38-21-27-43(28-22-38)57-52(66)46-16-8-32-60(46)54(68)50(40-13-5-2-6-14-40)62-34-10-18-48(62)64/h1-6,11-14,19-30,45-46,49-50H,7-10,15-18,31-36H2,(H,56,65)(H,57,66)/t45-,46-,49-,50-/m0/s1. The van der Waals surface area contributed by atoms with Gasteiger partial charge in [0.05, 0.1) is 0 Å². The van der Waals surface area contributed by atoms with Crippen LogP contribution in [0.3, 0.4) is 0 Å². The number of hydrogen-bond donors (Lipinski definition) is 2. The average Bonchev–Trinajstić information content (AvgIpc) is 4.21. The van der Waals surface area contributed by atoms with Gasteiger partial charge in [0.25, 0.3) is 11.8 Å². The van der Waals surface area contributed by atoms with Crippen molar-refractivity contribution in [3.63, 3.8) is 0 Å². The highest BCUT2D eigenvalue weighted by atomic mass is 19.1. The number of halogens is 1. The van der Waals surface area contributed by atoms with Crippen LogP contribution < -0.4 is 15.5 Å². The fraction of sp³-hybridized carbons (Fsp3) is 0.333. The van der Waals surface area contributed by atoms with E-state index < -0.39 is 24.2 Å². The number of nitrogens with zero attached hydrogens (tertiary/aromatic N) is 5. The largest absolute Gasteiger partial charge is 0.363 e. The van der Waals surface area contributed by atoms with E-state index in [1.165, 1.54) is 12.1 Å². The molecule has 4 fully saturated rings. The fourth-order valence-electron chi connectivity index (χ4n) is 10.2. The third-order valence-electron chi connectivity index (χ3n) is 13.6. The van der Waals surface area contributed by atoms with E-state index in [1.807, 2.05) is 109 Å². The Bertz CT molecular complexity index is 2460. The van der Waals surface area contributed by atoms with Crippen molar-refractivity contribution in [2.75, 3.05) is 41.7 Å². The average molecular weight is 918 g/mol. The monoisotopic (exact) mass is 917 g/mol. The summed E-state index contributed by atoms with van der Waals surface area (Å²) in [5.74, 6) is -1.51. The van der Waals surface area contributed by atoms with Gasteiger partial charge in [-0.3, -0.25) is 28.8 Å². The lowest BCUT2D eigenvalue weighted by atomic mass is 10.0. The van der Waals surface area contributed by atoms with Gasteiger partial charge in [-0.25, -0.2) is 4.39 Å². The second-order valence-corrected chi connectivity index (χ2v) is 18.1. The van der Waals surface area contributed by atoms with Gasteiger partial charge in [-0.05, 0) is 109 Å². The molecule has 5 aromatic carbocycles. The Morgan fingerprint density at radius 2 is 0.941 bits per heavy atom. The van der Waals surface area contributed by atoms with Gasteiger partial charge in [-0.15, -0.1) is 0 Å². The molecule has 4 aliphatic rings. The lowest BCUT2D eigenvalue weighted by Crippen LogP contribution is -2.49. The van der Waals surface area contributed by atoms with Crippen molar-refractivity contribution in [1.82, 2.24) is 19.6 Å². The van der Waals surface area contributed by atoms with E-state index in [1.54, 1.807) is 31.7 Å². The van der Waals surface area contributed by atoms with Crippen LogP contribution in [0.4, 0.5) is 21.5 Å². The maximum atomic E-state index is 14.2. The molecule has 0 aromatic heterocycles. The SMILES string of the molecule is O=C(Nc1ccc(CN(Cc2ccc(NC(=O)[C@@H]3CCCN3C(=O)[C@H](c3ccccc3)N3CCCC3=O)cc2)c2ccc(F)cc2)cc1)[C@@H]1CCCN1C(=O)[C@H](c1ccccc1)N1CCCC1=O. The quantitative estimate of drug-likeness (QED) is 0.110. The Morgan fingerprint density at radius 1 is 0.529 bits per heavy atom. The number of benzene rings is 5. The maximum Gasteiger partial charge on any atom is 0.250 e. The molecular formula is C54H56FN7O6. The van der Waals surface area contributed by atoms with Crippen LogP contribution in [0.5, 0.6) is 0 Å². The van der Waals surface area contributed by atoms with E-state index in [9.17, 15) is 33.2 Å². The van der Waals surface area contributed by atoms with E-state index in [0.29, 0.717) is 102 Å². The van der Waals surface area contributed by atoms with Gasteiger partial charge < -0.3 is 35.1 Å². The molecular weight excluding hydrogens is 862 g/mol. The number of carbonyl (C=O) groups excluding carboxylic acids is 6. The van der Waals surface area contributed by atoms with Crippen molar-refractivity contribution in [1.29, 1.82) is 0 Å².